The van der Waals surface area contributed by atoms with E-state index in [1.807, 2.05) is 6.92 Å². The molecule has 1 aliphatic carbocycles. The summed E-state index contributed by atoms with van der Waals surface area (Å²) in [7, 11) is 0. The Kier molecular flexibility index (Phi) is 6.57. The molecule has 0 aliphatic heterocycles. The molecule has 1 aromatic rings. The lowest BCUT2D eigenvalue weighted by Gasteiger charge is -2.35. The molecule has 0 bridgehead atoms. The SMILES string of the molecule is Cc1cc([N+](=O)[O-])ccc1N=C(C(C)C)N(CC(C)C)C1CCCC1. The summed E-state index contributed by atoms with van der Waals surface area (Å²) in [6.07, 6.45) is 5.05. The molecular formula is C20H31N3O2. The lowest BCUT2D eigenvalue weighted by molar-refractivity contribution is -0.384. The zero-order valence-corrected chi connectivity index (χ0v) is 16.2. The molecule has 0 atom stereocenters. The normalized spacial score (nSPS) is 16.0. The van der Waals surface area contributed by atoms with Crippen LogP contribution in [0.3, 0.4) is 0 Å². The maximum absolute atomic E-state index is 11.0. The number of amidine groups is 1. The number of benzene rings is 1. The summed E-state index contributed by atoms with van der Waals surface area (Å²) in [5, 5.41) is 11.0. The van der Waals surface area contributed by atoms with E-state index in [2.05, 4.69) is 32.6 Å². The van der Waals surface area contributed by atoms with Crippen molar-refractivity contribution in [2.75, 3.05) is 6.54 Å². The number of hydrogen-bond donors (Lipinski definition) is 0. The summed E-state index contributed by atoms with van der Waals surface area (Å²) in [4.78, 5) is 18.1. The van der Waals surface area contributed by atoms with E-state index in [1.54, 1.807) is 18.2 Å². The molecule has 0 unspecified atom stereocenters. The Bertz CT molecular complexity index is 632. The maximum atomic E-state index is 11.0. The third-order valence-electron chi connectivity index (χ3n) is 4.76. The van der Waals surface area contributed by atoms with Crippen LogP contribution >= 0.6 is 0 Å². The minimum absolute atomic E-state index is 0.123. The first-order valence-corrected chi connectivity index (χ1v) is 9.39. The highest BCUT2D eigenvalue weighted by Gasteiger charge is 2.27. The van der Waals surface area contributed by atoms with Crippen molar-refractivity contribution in [3.05, 3.63) is 33.9 Å². The van der Waals surface area contributed by atoms with Gasteiger partial charge in [-0.1, -0.05) is 40.5 Å². The second kappa shape index (κ2) is 8.45. The first-order valence-electron chi connectivity index (χ1n) is 9.39. The third kappa shape index (κ3) is 5.03. The van der Waals surface area contributed by atoms with Crippen LogP contribution in [-0.2, 0) is 0 Å². The van der Waals surface area contributed by atoms with Crippen molar-refractivity contribution in [1.29, 1.82) is 0 Å². The Hall–Kier alpha value is -1.91. The maximum Gasteiger partial charge on any atom is 0.269 e. The zero-order chi connectivity index (χ0) is 18.6. The monoisotopic (exact) mass is 345 g/mol. The fraction of sp³-hybridized carbons (Fsp3) is 0.650. The van der Waals surface area contributed by atoms with Gasteiger partial charge in [0.15, 0.2) is 0 Å². The highest BCUT2D eigenvalue weighted by molar-refractivity contribution is 5.87. The van der Waals surface area contributed by atoms with E-state index in [1.165, 1.54) is 25.7 Å². The van der Waals surface area contributed by atoms with Crippen molar-refractivity contribution in [3.63, 3.8) is 0 Å². The Labute approximate surface area is 151 Å². The number of aliphatic imine (C=N–C) groups is 1. The summed E-state index contributed by atoms with van der Waals surface area (Å²) in [6.45, 7) is 11.8. The van der Waals surface area contributed by atoms with Crippen LogP contribution in [0.15, 0.2) is 23.2 Å². The molecule has 0 N–H and O–H groups in total. The Morgan fingerprint density at radius 2 is 1.92 bits per heavy atom. The molecule has 1 fully saturated rings. The molecule has 1 aliphatic rings. The van der Waals surface area contributed by atoms with Gasteiger partial charge in [0.25, 0.3) is 5.69 Å². The van der Waals surface area contributed by atoms with E-state index >= 15 is 0 Å². The summed E-state index contributed by atoms with van der Waals surface area (Å²) >= 11 is 0. The first kappa shape index (κ1) is 19.4. The molecule has 2 rings (SSSR count). The molecule has 1 saturated carbocycles. The molecule has 0 amide bonds. The molecule has 5 nitrogen and oxygen atoms in total. The van der Waals surface area contributed by atoms with Gasteiger partial charge in [0, 0.05) is 30.6 Å². The second-order valence-electron chi connectivity index (χ2n) is 7.84. The van der Waals surface area contributed by atoms with Gasteiger partial charge in [0.2, 0.25) is 0 Å². The van der Waals surface area contributed by atoms with Crippen molar-refractivity contribution < 1.29 is 4.92 Å². The molecule has 0 radical (unpaired) electrons. The number of hydrogen-bond acceptors (Lipinski definition) is 3. The summed E-state index contributed by atoms with van der Waals surface area (Å²) in [6, 6.07) is 5.51. The van der Waals surface area contributed by atoms with Crippen molar-refractivity contribution in [3.8, 4) is 0 Å². The lowest BCUT2D eigenvalue weighted by atomic mass is 10.1. The number of rotatable bonds is 6. The quantitative estimate of drug-likeness (QED) is 0.296. The van der Waals surface area contributed by atoms with E-state index in [0.29, 0.717) is 17.9 Å². The fourth-order valence-electron chi connectivity index (χ4n) is 3.57. The van der Waals surface area contributed by atoms with Crippen LogP contribution in [0.4, 0.5) is 11.4 Å². The molecule has 0 saturated heterocycles. The highest BCUT2D eigenvalue weighted by Crippen LogP contribution is 2.29. The van der Waals surface area contributed by atoms with E-state index in [-0.39, 0.29) is 10.6 Å². The lowest BCUT2D eigenvalue weighted by Crippen LogP contribution is -2.43. The smallest absolute Gasteiger partial charge is 0.269 e. The average Bonchev–Trinajstić information content (AvgIpc) is 3.05. The van der Waals surface area contributed by atoms with Gasteiger partial charge in [0.1, 0.15) is 5.84 Å². The van der Waals surface area contributed by atoms with Crippen molar-refractivity contribution in [1.82, 2.24) is 4.90 Å². The molecule has 0 spiro atoms. The number of non-ortho nitro benzene ring substituents is 1. The molecule has 1 aromatic carbocycles. The molecule has 5 heteroatoms. The second-order valence-corrected chi connectivity index (χ2v) is 7.84. The van der Waals surface area contributed by atoms with Crippen LogP contribution in [0.25, 0.3) is 0 Å². The summed E-state index contributed by atoms with van der Waals surface area (Å²) < 4.78 is 0. The molecule has 25 heavy (non-hydrogen) atoms. The molecule has 138 valence electrons. The third-order valence-corrected chi connectivity index (χ3v) is 4.76. The van der Waals surface area contributed by atoms with Gasteiger partial charge in [0.05, 0.1) is 10.6 Å². The molecule has 0 aromatic heterocycles. The van der Waals surface area contributed by atoms with Crippen LogP contribution < -0.4 is 0 Å². The van der Waals surface area contributed by atoms with Gasteiger partial charge in [-0.2, -0.15) is 0 Å². The number of nitro groups is 1. The van der Waals surface area contributed by atoms with Gasteiger partial charge < -0.3 is 4.90 Å². The minimum atomic E-state index is -0.354. The Morgan fingerprint density at radius 3 is 2.40 bits per heavy atom. The molecule has 0 heterocycles. The van der Waals surface area contributed by atoms with Crippen molar-refractivity contribution >= 4 is 17.2 Å². The van der Waals surface area contributed by atoms with Crippen molar-refractivity contribution in [2.24, 2.45) is 16.8 Å². The zero-order valence-electron chi connectivity index (χ0n) is 16.2. The first-order chi connectivity index (χ1) is 11.8. The fourth-order valence-corrected chi connectivity index (χ4v) is 3.57. The highest BCUT2D eigenvalue weighted by atomic mass is 16.6. The van der Waals surface area contributed by atoms with Gasteiger partial charge in [-0.3, -0.25) is 10.1 Å². The summed E-state index contributed by atoms with van der Waals surface area (Å²) in [5.74, 6) is 1.99. The van der Waals surface area contributed by atoms with E-state index in [0.717, 1.165) is 23.6 Å². The average molecular weight is 345 g/mol. The van der Waals surface area contributed by atoms with E-state index in [4.69, 9.17) is 4.99 Å². The Balaban J connectivity index is 2.40. The predicted octanol–water partition coefficient (Wildman–Crippen LogP) is 5.49. The minimum Gasteiger partial charge on any atom is -0.357 e. The van der Waals surface area contributed by atoms with Crippen LogP contribution in [0.5, 0.6) is 0 Å². The predicted molar refractivity (Wildman–Crippen MR) is 104 cm³/mol. The Morgan fingerprint density at radius 1 is 1.28 bits per heavy atom. The van der Waals surface area contributed by atoms with Gasteiger partial charge in [-0.25, -0.2) is 4.99 Å². The number of nitrogens with zero attached hydrogens (tertiary/aromatic N) is 3. The van der Waals surface area contributed by atoms with Gasteiger partial charge >= 0.3 is 0 Å². The van der Waals surface area contributed by atoms with E-state index < -0.39 is 0 Å². The standard InChI is InChI=1S/C20H31N3O2/c1-14(2)13-22(17-8-6-7-9-17)20(15(3)4)21-19-11-10-18(23(24)25)12-16(19)5/h10-12,14-15,17H,6-9,13H2,1-5H3. The van der Waals surface area contributed by atoms with Crippen LogP contribution in [-0.4, -0.2) is 28.2 Å². The summed E-state index contributed by atoms with van der Waals surface area (Å²) in [5.41, 5.74) is 1.81. The van der Waals surface area contributed by atoms with Crippen LogP contribution in [0.1, 0.15) is 58.9 Å². The van der Waals surface area contributed by atoms with Crippen LogP contribution in [0.2, 0.25) is 0 Å². The van der Waals surface area contributed by atoms with Gasteiger partial charge in [-0.15, -0.1) is 0 Å². The number of aryl methyl sites for hydroxylation is 1. The van der Waals surface area contributed by atoms with Crippen molar-refractivity contribution in [2.45, 2.75) is 66.3 Å². The van der Waals surface area contributed by atoms with Crippen LogP contribution in [0, 0.1) is 28.9 Å². The van der Waals surface area contributed by atoms with Gasteiger partial charge in [-0.05, 0) is 37.3 Å². The largest absolute Gasteiger partial charge is 0.357 e. The molecular weight excluding hydrogens is 314 g/mol. The number of nitro benzene ring substituents is 1. The topological polar surface area (TPSA) is 58.7 Å². The van der Waals surface area contributed by atoms with E-state index in [9.17, 15) is 10.1 Å².